The van der Waals surface area contributed by atoms with Gasteiger partial charge in [-0.3, -0.25) is 0 Å². The fourth-order valence-electron chi connectivity index (χ4n) is 0.799. The molecule has 0 amide bonds. The van der Waals surface area contributed by atoms with Crippen molar-refractivity contribution in [1.29, 1.82) is 0 Å². The van der Waals surface area contributed by atoms with Gasteiger partial charge in [-0.25, -0.2) is 0 Å². The van der Waals surface area contributed by atoms with E-state index < -0.39 is 0 Å². The van der Waals surface area contributed by atoms with Crippen molar-refractivity contribution in [2.75, 3.05) is 35.4 Å². The average molecular weight is 315 g/mol. The Morgan fingerprint density at radius 3 is 2.00 bits per heavy atom. The molecule has 0 unspecified atom stereocenters. The molecule has 0 spiro atoms. The molecule has 0 aromatic heterocycles. The third-order valence-corrected chi connectivity index (χ3v) is 2.59. The molecule has 0 N–H and O–H groups in total. The first-order valence-corrected chi connectivity index (χ1v) is 5.98. The number of ether oxygens (including phenoxy) is 2. The number of benzene rings is 1. The predicted octanol–water partition coefficient (Wildman–Crippen LogP) is 0.675. The topological polar surface area (TPSA) is 21.7 Å². The summed E-state index contributed by atoms with van der Waals surface area (Å²) in [6.07, 6.45) is 0. The minimum atomic E-state index is 0.841. The molecule has 83 valence electrons. The Labute approximate surface area is 105 Å². The van der Waals surface area contributed by atoms with E-state index in [1.807, 2.05) is 44.2 Å². The fourth-order valence-corrected chi connectivity index (χ4v) is 1.53. The van der Waals surface area contributed by atoms with Gasteiger partial charge in [-0.05, 0) is 21.1 Å². The standard InChI is InChI=1S/C8H9O2.C3H9N.Sn/c1-9-7-4-3-5-8(6-7)10-2;1-4(2)3;/h3-4,6H,1-2H3;1-3H3;. The molecule has 0 saturated heterocycles. The van der Waals surface area contributed by atoms with E-state index in [0.29, 0.717) is 0 Å². The monoisotopic (exact) mass is 316 g/mol. The van der Waals surface area contributed by atoms with Crippen molar-refractivity contribution in [3.8, 4) is 11.5 Å². The zero-order valence-corrected chi connectivity index (χ0v) is 12.8. The third kappa shape index (κ3) is 6.62. The summed E-state index contributed by atoms with van der Waals surface area (Å²) in [7, 11) is 9.32. The van der Waals surface area contributed by atoms with Crippen LogP contribution < -0.4 is 13.1 Å². The molecule has 15 heavy (non-hydrogen) atoms. The van der Waals surface area contributed by atoms with Crippen molar-refractivity contribution in [3.05, 3.63) is 18.2 Å². The fraction of sp³-hybridized carbons (Fsp3) is 0.455. The second-order valence-electron chi connectivity index (χ2n) is 3.41. The first-order valence-electron chi connectivity index (χ1n) is 4.55. The number of methoxy groups -OCH3 is 2. The number of rotatable bonds is 2. The molecule has 0 saturated carbocycles. The Morgan fingerprint density at radius 2 is 1.60 bits per heavy atom. The van der Waals surface area contributed by atoms with Crippen LogP contribution in [0, 0.1) is 0 Å². The van der Waals surface area contributed by atoms with Gasteiger partial charge in [0.25, 0.3) is 0 Å². The zero-order chi connectivity index (χ0) is 11.8. The van der Waals surface area contributed by atoms with E-state index in [0.717, 1.165) is 11.5 Å². The molecule has 0 aliphatic carbocycles. The van der Waals surface area contributed by atoms with E-state index in [1.54, 1.807) is 14.2 Å². The van der Waals surface area contributed by atoms with Gasteiger partial charge in [0.15, 0.2) is 0 Å². The van der Waals surface area contributed by atoms with Crippen LogP contribution in [0.3, 0.4) is 0 Å². The maximum absolute atomic E-state index is 5.13. The zero-order valence-electron chi connectivity index (χ0n) is 10.00. The van der Waals surface area contributed by atoms with Gasteiger partial charge in [0, 0.05) is 0 Å². The van der Waals surface area contributed by atoms with Crippen molar-refractivity contribution < 1.29 is 9.47 Å². The maximum atomic E-state index is 5.13. The van der Waals surface area contributed by atoms with Crippen LogP contribution in [0.15, 0.2) is 18.2 Å². The molecular formula is C11H18NO2Sn. The Morgan fingerprint density at radius 1 is 1.07 bits per heavy atom. The van der Waals surface area contributed by atoms with Crippen LogP contribution in [0.1, 0.15) is 0 Å². The van der Waals surface area contributed by atoms with Crippen LogP contribution in [-0.2, 0) is 0 Å². The van der Waals surface area contributed by atoms with Crippen molar-refractivity contribution in [2.45, 2.75) is 0 Å². The van der Waals surface area contributed by atoms with Gasteiger partial charge in [-0.1, -0.05) is 0 Å². The number of hydrogen-bond acceptors (Lipinski definition) is 3. The van der Waals surface area contributed by atoms with Gasteiger partial charge in [0.05, 0.1) is 0 Å². The van der Waals surface area contributed by atoms with Gasteiger partial charge in [0.1, 0.15) is 0 Å². The van der Waals surface area contributed by atoms with Crippen molar-refractivity contribution in [2.24, 2.45) is 0 Å². The first-order chi connectivity index (χ1) is 7.01. The van der Waals surface area contributed by atoms with Gasteiger partial charge in [-0.2, -0.15) is 0 Å². The van der Waals surface area contributed by atoms with Gasteiger partial charge in [-0.15, -0.1) is 0 Å². The molecule has 0 aliphatic heterocycles. The summed E-state index contributed by atoms with van der Waals surface area (Å²) in [5.41, 5.74) is 0. The van der Waals surface area contributed by atoms with Crippen LogP contribution in [0.2, 0.25) is 0 Å². The van der Waals surface area contributed by atoms with Crippen LogP contribution >= 0.6 is 0 Å². The Bertz CT molecular complexity index is 287. The number of hydrogen-bond donors (Lipinski definition) is 0. The summed E-state index contributed by atoms with van der Waals surface area (Å²) in [6.45, 7) is 0. The SMILES string of the molecule is CN(C)C.COc1cc[c]([Sn])c(OC)c1. The van der Waals surface area contributed by atoms with E-state index in [9.17, 15) is 0 Å². The van der Waals surface area contributed by atoms with Crippen molar-refractivity contribution in [1.82, 2.24) is 4.90 Å². The summed E-state index contributed by atoms with van der Waals surface area (Å²) in [5, 5.41) is 0. The van der Waals surface area contributed by atoms with Crippen LogP contribution in [0.25, 0.3) is 0 Å². The van der Waals surface area contributed by atoms with Crippen LogP contribution in [-0.4, -0.2) is 62.8 Å². The normalized spacial score (nSPS) is 9.27. The molecule has 0 bridgehead atoms. The van der Waals surface area contributed by atoms with Crippen LogP contribution in [0.4, 0.5) is 0 Å². The quantitative estimate of drug-likeness (QED) is 0.749. The average Bonchev–Trinajstić information content (AvgIpc) is 2.18. The molecule has 3 nitrogen and oxygen atoms in total. The Balaban J connectivity index is 0.000000423. The van der Waals surface area contributed by atoms with Crippen molar-refractivity contribution in [3.63, 3.8) is 0 Å². The molecule has 1 aromatic rings. The molecule has 3 radical (unpaired) electrons. The molecule has 0 fully saturated rings. The molecule has 0 heterocycles. The molecule has 4 heteroatoms. The summed E-state index contributed by atoms with van der Waals surface area (Å²) >= 11 is 1.35. The second-order valence-corrected chi connectivity index (χ2v) is 4.95. The summed E-state index contributed by atoms with van der Waals surface area (Å²) in [6, 6.07) is 5.84. The third-order valence-electron chi connectivity index (χ3n) is 1.41. The van der Waals surface area contributed by atoms with Crippen molar-refractivity contribution >= 4 is 26.1 Å². The molecule has 1 aromatic carbocycles. The van der Waals surface area contributed by atoms with E-state index in [1.165, 1.54) is 26.1 Å². The van der Waals surface area contributed by atoms with Gasteiger partial charge >= 0.3 is 79.5 Å². The first kappa shape index (κ1) is 14.6. The van der Waals surface area contributed by atoms with E-state index in [-0.39, 0.29) is 0 Å². The molecule has 0 atom stereocenters. The summed E-state index contributed by atoms with van der Waals surface area (Å²) < 4.78 is 11.4. The molecular weight excluding hydrogens is 297 g/mol. The minimum absolute atomic E-state index is 0.841. The van der Waals surface area contributed by atoms with Gasteiger partial charge < -0.3 is 4.90 Å². The second kappa shape index (κ2) is 7.82. The Kier molecular flexibility index (Phi) is 7.60. The van der Waals surface area contributed by atoms with E-state index >= 15 is 0 Å². The molecule has 1 rings (SSSR count). The van der Waals surface area contributed by atoms with Gasteiger partial charge in [0.2, 0.25) is 0 Å². The Hall–Kier alpha value is -0.421. The predicted molar refractivity (Wildman–Crippen MR) is 64.5 cm³/mol. The van der Waals surface area contributed by atoms with E-state index in [2.05, 4.69) is 0 Å². The van der Waals surface area contributed by atoms with E-state index in [4.69, 9.17) is 9.47 Å². The molecule has 0 aliphatic rings. The number of nitrogens with zero attached hydrogens (tertiary/aromatic N) is 1. The summed E-state index contributed by atoms with van der Waals surface area (Å²) in [5.74, 6) is 1.75. The summed E-state index contributed by atoms with van der Waals surface area (Å²) in [4.78, 5) is 2.00. The van der Waals surface area contributed by atoms with Crippen LogP contribution in [0.5, 0.6) is 11.5 Å².